The second-order valence-electron chi connectivity index (χ2n) is 1.42. The Morgan fingerprint density at radius 3 is 2.67 bits per heavy atom. The fourth-order valence-corrected chi connectivity index (χ4v) is 0.446. The molecule has 0 amide bonds. The number of hydrogen-bond donors (Lipinski definition) is 0. The Morgan fingerprint density at radius 2 is 2.50 bits per heavy atom. The molecular weight excluding hydrogens is 74.1 g/mol. The summed E-state index contributed by atoms with van der Waals surface area (Å²) in [7, 11) is 0. The molecule has 0 N–H and O–H groups in total. The third kappa shape index (κ3) is 0.482. The molecule has 0 saturated heterocycles. The van der Waals surface area contributed by atoms with E-state index in [1.54, 1.807) is 0 Å². The van der Waals surface area contributed by atoms with Crippen LogP contribution >= 0.6 is 0 Å². The molecule has 0 spiro atoms. The molecule has 0 aromatic heterocycles. The summed E-state index contributed by atoms with van der Waals surface area (Å²) >= 11 is 0. The van der Waals surface area contributed by atoms with E-state index in [1.807, 2.05) is 12.3 Å². The zero-order valence-corrected chi connectivity index (χ0v) is 3.76. The van der Waals surface area contributed by atoms with Crippen molar-refractivity contribution in [1.29, 1.82) is 0 Å². The lowest BCUT2D eigenvalue weighted by Gasteiger charge is -1.84. The Hall–Kier alpha value is -0.590. The maximum atomic E-state index is 4.00. The summed E-state index contributed by atoms with van der Waals surface area (Å²) in [6.45, 7) is 2.06. The fourth-order valence-electron chi connectivity index (χ4n) is 0.446. The monoisotopic (exact) mass is 81.1 g/mol. The average Bonchev–Trinajstić information content (AvgIpc) is 1.86. The normalized spacial score (nSPS) is 29.2. The Morgan fingerprint density at radius 1 is 1.67 bits per heavy atom. The molecule has 1 rings (SSSR count). The summed E-state index contributed by atoms with van der Waals surface area (Å²) in [4.78, 5) is 4.00. The fraction of sp³-hybridized carbons (Fsp3) is 0.400. The molecule has 1 nitrogen and oxygen atoms in total. The van der Waals surface area contributed by atoms with Gasteiger partial charge in [-0.2, -0.15) is 0 Å². The molecule has 0 aromatic carbocycles. The quantitative estimate of drug-likeness (QED) is 0.412. The molecule has 1 atom stereocenters. The highest BCUT2D eigenvalue weighted by Gasteiger charge is 1.90. The van der Waals surface area contributed by atoms with Crippen LogP contribution in [0.5, 0.6) is 0 Å². The van der Waals surface area contributed by atoms with Crippen molar-refractivity contribution in [1.82, 2.24) is 0 Å². The van der Waals surface area contributed by atoms with Crippen LogP contribution in [0.2, 0.25) is 0 Å². The zero-order chi connectivity index (χ0) is 4.41. The van der Waals surface area contributed by atoms with Gasteiger partial charge in [-0.1, -0.05) is 6.08 Å². The standard InChI is InChI=1S/C5H7N/c1-5-3-2-4-6-5/h2-5H,1H3. The summed E-state index contributed by atoms with van der Waals surface area (Å²) < 4.78 is 0. The van der Waals surface area contributed by atoms with E-state index in [0.29, 0.717) is 6.04 Å². The van der Waals surface area contributed by atoms with Gasteiger partial charge in [0.15, 0.2) is 0 Å². The summed E-state index contributed by atoms with van der Waals surface area (Å²) in [5.74, 6) is 0. The maximum absolute atomic E-state index is 4.00. The molecule has 0 aromatic rings. The third-order valence-corrected chi connectivity index (χ3v) is 0.797. The van der Waals surface area contributed by atoms with Crippen LogP contribution in [-0.2, 0) is 0 Å². The van der Waals surface area contributed by atoms with Gasteiger partial charge in [0, 0.05) is 6.21 Å². The van der Waals surface area contributed by atoms with Gasteiger partial charge in [-0.25, -0.2) is 0 Å². The number of hydrogen-bond acceptors (Lipinski definition) is 1. The Balaban J connectivity index is 2.60. The first-order chi connectivity index (χ1) is 2.89. The minimum absolute atomic E-state index is 0.435. The van der Waals surface area contributed by atoms with Gasteiger partial charge in [0.25, 0.3) is 0 Å². The highest BCUT2D eigenvalue weighted by molar-refractivity contribution is 5.73. The van der Waals surface area contributed by atoms with Crippen LogP contribution in [-0.4, -0.2) is 12.3 Å². The highest BCUT2D eigenvalue weighted by Crippen LogP contribution is 1.94. The minimum Gasteiger partial charge on any atom is -0.286 e. The molecule has 1 aliphatic rings. The number of allylic oxidation sites excluding steroid dienone is 1. The van der Waals surface area contributed by atoms with Gasteiger partial charge in [-0.3, -0.25) is 4.99 Å². The number of aliphatic imine (C=N–C) groups is 1. The van der Waals surface area contributed by atoms with E-state index in [2.05, 4.69) is 18.0 Å². The zero-order valence-electron chi connectivity index (χ0n) is 3.76. The average molecular weight is 81.1 g/mol. The smallest absolute Gasteiger partial charge is 0.0655 e. The van der Waals surface area contributed by atoms with Gasteiger partial charge in [0.1, 0.15) is 0 Å². The Kier molecular flexibility index (Phi) is 0.748. The lowest BCUT2D eigenvalue weighted by Crippen LogP contribution is -1.82. The molecular formula is C5H7N. The summed E-state index contributed by atoms with van der Waals surface area (Å²) in [5, 5.41) is 0. The maximum Gasteiger partial charge on any atom is 0.0655 e. The van der Waals surface area contributed by atoms with E-state index in [4.69, 9.17) is 0 Å². The van der Waals surface area contributed by atoms with Gasteiger partial charge in [0.2, 0.25) is 0 Å². The van der Waals surface area contributed by atoms with Gasteiger partial charge in [0.05, 0.1) is 6.04 Å². The first kappa shape index (κ1) is 3.59. The Labute approximate surface area is 37.4 Å². The first-order valence-electron chi connectivity index (χ1n) is 2.09. The predicted molar refractivity (Wildman–Crippen MR) is 27.1 cm³/mol. The van der Waals surface area contributed by atoms with Crippen LogP contribution in [0.25, 0.3) is 0 Å². The largest absolute Gasteiger partial charge is 0.286 e. The molecule has 0 radical (unpaired) electrons. The molecule has 1 heterocycles. The summed E-state index contributed by atoms with van der Waals surface area (Å²) in [6.07, 6.45) is 5.84. The predicted octanol–water partition coefficient (Wildman–Crippen LogP) is 1.02. The van der Waals surface area contributed by atoms with Crippen molar-refractivity contribution in [2.24, 2.45) is 4.99 Å². The molecule has 0 fully saturated rings. The number of nitrogens with zero attached hydrogens (tertiary/aromatic N) is 1. The van der Waals surface area contributed by atoms with Gasteiger partial charge in [-0.05, 0) is 13.0 Å². The van der Waals surface area contributed by atoms with Crippen LogP contribution in [0, 0.1) is 0 Å². The molecule has 0 saturated carbocycles. The summed E-state index contributed by atoms with van der Waals surface area (Å²) in [6, 6.07) is 0.435. The number of rotatable bonds is 0. The van der Waals surface area contributed by atoms with Crippen LogP contribution in [0.1, 0.15) is 6.92 Å². The topological polar surface area (TPSA) is 12.4 Å². The molecule has 1 aliphatic heterocycles. The van der Waals surface area contributed by atoms with Gasteiger partial charge < -0.3 is 0 Å². The van der Waals surface area contributed by atoms with Crippen molar-refractivity contribution in [3.63, 3.8) is 0 Å². The lowest BCUT2D eigenvalue weighted by molar-refractivity contribution is 0.950. The van der Waals surface area contributed by atoms with E-state index >= 15 is 0 Å². The van der Waals surface area contributed by atoms with E-state index < -0.39 is 0 Å². The van der Waals surface area contributed by atoms with Crippen molar-refractivity contribution in [2.75, 3.05) is 0 Å². The second-order valence-corrected chi connectivity index (χ2v) is 1.42. The van der Waals surface area contributed by atoms with Gasteiger partial charge >= 0.3 is 0 Å². The third-order valence-electron chi connectivity index (χ3n) is 0.797. The van der Waals surface area contributed by atoms with E-state index in [0.717, 1.165) is 0 Å². The minimum atomic E-state index is 0.435. The van der Waals surface area contributed by atoms with Crippen molar-refractivity contribution in [3.8, 4) is 0 Å². The van der Waals surface area contributed by atoms with E-state index in [9.17, 15) is 0 Å². The van der Waals surface area contributed by atoms with Crippen LogP contribution in [0.3, 0.4) is 0 Å². The van der Waals surface area contributed by atoms with E-state index in [1.165, 1.54) is 0 Å². The van der Waals surface area contributed by atoms with Crippen molar-refractivity contribution < 1.29 is 0 Å². The van der Waals surface area contributed by atoms with Crippen molar-refractivity contribution in [2.45, 2.75) is 13.0 Å². The van der Waals surface area contributed by atoms with E-state index in [-0.39, 0.29) is 0 Å². The second kappa shape index (κ2) is 1.25. The van der Waals surface area contributed by atoms with Crippen molar-refractivity contribution >= 4 is 6.21 Å². The molecule has 0 aliphatic carbocycles. The van der Waals surface area contributed by atoms with Crippen LogP contribution in [0.15, 0.2) is 17.1 Å². The first-order valence-corrected chi connectivity index (χ1v) is 2.09. The molecule has 6 heavy (non-hydrogen) atoms. The van der Waals surface area contributed by atoms with Crippen LogP contribution in [0.4, 0.5) is 0 Å². The molecule has 1 heteroatoms. The van der Waals surface area contributed by atoms with Crippen LogP contribution < -0.4 is 0 Å². The summed E-state index contributed by atoms with van der Waals surface area (Å²) in [5.41, 5.74) is 0. The van der Waals surface area contributed by atoms with Crippen molar-refractivity contribution in [3.05, 3.63) is 12.2 Å². The SMILES string of the molecule is CC1C=CC=N1. The Bertz CT molecular complexity index is 80.1. The lowest BCUT2D eigenvalue weighted by atomic mass is 10.4. The molecule has 32 valence electrons. The highest BCUT2D eigenvalue weighted by atomic mass is 14.8. The molecule has 0 bridgehead atoms. The van der Waals surface area contributed by atoms with Gasteiger partial charge in [-0.15, -0.1) is 0 Å². The molecule has 1 unspecified atom stereocenters.